The maximum Gasteiger partial charge on any atom is 0.183 e. The number of hydrogen-bond donors (Lipinski definition) is 1. The molecule has 1 N–H and O–H groups in total. The van der Waals surface area contributed by atoms with Crippen LogP contribution < -0.4 is 5.32 Å². The van der Waals surface area contributed by atoms with Crippen molar-refractivity contribution in [2.75, 3.05) is 6.26 Å². The largest absolute Gasteiger partial charge is 0.271 e. The first kappa shape index (κ1) is 13.9. The number of aliphatic imine (C=N–C) groups is 1. The number of thioether (sulfide) groups is 1. The second kappa shape index (κ2) is 6.55. The lowest BCUT2D eigenvalue weighted by Gasteiger charge is -2.05. The molecule has 7 heteroatoms. The molecule has 0 aliphatic rings. The number of nitriles is 1. The average Bonchev–Trinajstić information content (AvgIpc) is 2.21. The molecule has 0 aliphatic carbocycles. The molecular formula is C9H6Cl2IN3S. The Labute approximate surface area is 121 Å². The zero-order chi connectivity index (χ0) is 12.1. The number of halogens is 3. The maximum atomic E-state index is 8.52. The molecule has 0 saturated heterocycles. The Morgan fingerprint density at radius 1 is 1.56 bits per heavy atom. The highest BCUT2D eigenvalue weighted by Crippen LogP contribution is 2.33. The van der Waals surface area contributed by atoms with Crippen molar-refractivity contribution in [3.05, 3.63) is 25.7 Å². The van der Waals surface area contributed by atoms with Gasteiger partial charge in [0.1, 0.15) is 0 Å². The SMILES string of the molecule is CSC(=Nc1c(Cl)cc(Cl)cc1I)NC#N. The zero-order valence-electron chi connectivity index (χ0n) is 8.09. The lowest BCUT2D eigenvalue weighted by atomic mass is 10.3. The summed E-state index contributed by atoms with van der Waals surface area (Å²) in [5.74, 6) is 0. The van der Waals surface area contributed by atoms with E-state index in [0.717, 1.165) is 3.57 Å². The van der Waals surface area contributed by atoms with Crippen LogP contribution in [0.15, 0.2) is 17.1 Å². The first-order valence-electron chi connectivity index (χ1n) is 4.00. The Bertz CT molecular complexity index is 447. The summed E-state index contributed by atoms with van der Waals surface area (Å²) in [5.41, 5.74) is 0.610. The van der Waals surface area contributed by atoms with E-state index in [1.807, 2.05) is 12.4 Å². The summed E-state index contributed by atoms with van der Waals surface area (Å²) in [6.07, 6.45) is 3.64. The third kappa shape index (κ3) is 3.70. The molecule has 0 radical (unpaired) electrons. The van der Waals surface area contributed by atoms with Crippen LogP contribution in [0.2, 0.25) is 10.0 Å². The summed E-state index contributed by atoms with van der Waals surface area (Å²) in [7, 11) is 0. The van der Waals surface area contributed by atoms with E-state index in [-0.39, 0.29) is 0 Å². The number of benzene rings is 1. The van der Waals surface area contributed by atoms with Gasteiger partial charge in [0.05, 0.1) is 10.7 Å². The molecule has 0 aromatic heterocycles. The normalized spacial score (nSPS) is 11.1. The van der Waals surface area contributed by atoms with Crippen LogP contribution in [-0.2, 0) is 0 Å². The molecule has 1 aromatic carbocycles. The first-order valence-corrected chi connectivity index (χ1v) is 7.06. The lowest BCUT2D eigenvalue weighted by molar-refractivity contribution is 1.28. The van der Waals surface area contributed by atoms with E-state index in [1.165, 1.54) is 11.8 Å². The van der Waals surface area contributed by atoms with Gasteiger partial charge in [0.15, 0.2) is 11.4 Å². The van der Waals surface area contributed by atoms with Crippen LogP contribution in [0.4, 0.5) is 5.69 Å². The molecule has 1 rings (SSSR count). The van der Waals surface area contributed by atoms with Crippen LogP contribution in [0.5, 0.6) is 0 Å². The fourth-order valence-electron chi connectivity index (χ4n) is 0.915. The molecule has 3 nitrogen and oxygen atoms in total. The Balaban J connectivity index is 3.19. The summed E-state index contributed by atoms with van der Waals surface area (Å²) in [6, 6.07) is 3.38. The van der Waals surface area contributed by atoms with Crippen molar-refractivity contribution in [1.29, 1.82) is 5.26 Å². The third-order valence-corrected chi connectivity index (χ3v) is 3.46. The molecule has 0 aliphatic heterocycles. The fourth-order valence-corrected chi connectivity index (χ4v) is 2.87. The van der Waals surface area contributed by atoms with Gasteiger partial charge in [-0.25, -0.2) is 4.99 Å². The number of nitrogens with zero attached hydrogens (tertiary/aromatic N) is 2. The van der Waals surface area contributed by atoms with Gasteiger partial charge in [0, 0.05) is 8.59 Å². The highest BCUT2D eigenvalue weighted by atomic mass is 127. The van der Waals surface area contributed by atoms with Crippen molar-refractivity contribution < 1.29 is 0 Å². The second-order valence-corrected chi connectivity index (χ2v) is 5.38. The molecule has 0 atom stereocenters. The van der Waals surface area contributed by atoms with Gasteiger partial charge in [0.25, 0.3) is 0 Å². The van der Waals surface area contributed by atoms with E-state index in [1.54, 1.807) is 12.1 Å². The number of nitrogens with one attached hydrogen (secondary N) is 1. The number of hydrogen-bond acceptors (Lipinski definition) is 3. The molecule has 0 spiro atoms. The Kier molecular flexibility index (Phi) is 5.69. The maximum absolute atomic E-state index is 8.52. The van der Waals surface area contributed by atoms with Crippen molar-refractivity contribution >= 4 is 68.4 Å². The van der Waals surface area contributed by atoms with Gasteiger partial charge in [-0.15, -0.1) is 0 Å². The lowest BCUT2D eigenvalue weighted by Crippen LogP contribution is -2.12. The van der Waals surface area contributed by atoms with Crippen LogP contribution in [0, 0.1) is 15.0 Å². The molecule has 0 unspecified atom stereocenters. The van der Waals surface area contributed by atoms with Crippen LogP contribution in [0.1, 0.15) is 0 Å². The van der Waals surface area contributed by atoms with E-state index in [4.69, 9.17) is 28.5 Å². The monoisotopic (exact) mass is 385 g/mol. The quantitative estimate of drug-likeness (QED) is 0.261. The van der Waals surface area contributed by atoms with Gasteiger partial charge >= 0.3 is 0 Å². The zero-order valence-corrected chi connectivity index (χ0v) is 12.6. The van der Waals surface area contributed by atoms with E-state index in [0.29, 0.717) is 20.9 Å². The Morgan fingerprint density at radius 3 is 2.75 bits per heavy atom. The van der Waals surface area contributed by atoms with E-state index >= 15 is 0 Å². The number of rotatable bonds is 1. The summed E-state index contributed by atoms with van der Waals surface area (Å²) < 4.78 is 0.835. The van der Waals surface area contributed by atoms with Crippen molar-refractivity contribution in [3.8, 4) is 6.19 Å². The van der Waals surface area contributed by atoms with Crippen molar-refractivity contribution in [2.45, 2.75) is 0 Å². The molecular weight excluding hydrogens is 380 g/mol. The van der Waals surface area contributed by atoms with Gasteiger partial charge in [-0.3, -0.25) is 5.32 Å². The Hall–Kier alpha value is -0.160. The van der Waals surface area contributed by atoms with Gasteiger partial charge in [-0.1, -0.05) is 35.0 Å². The summed E-state index contributed by atoms with van der Waals surface area (Å²) in [5, 5.41) is 12.5. The topological polar surface area (TPSA) is 48.2 Å². The summed E-state index contributed by atoms with van der Waals surface area (Å²) >= 11 is 15.3. The van der Waals surface area contributed by atoms with Gasteiger partial charge in [0.2, 0.25) is 0 Å². The highest BCUT2D eigenvalue weighted by molar-refractivity contribution is 14.1. The van der Waals surface area contributed by atoms with E-state index in [2.05, 4.69) is 32.9 Å². The standard InChI is InChI=1S/C9H6Cl2IN3S/c1-16-9(14-4-13)15-8-6(11)2-5(10)3-7(8)12/h2-3H,1H3,(H,14,15). The molecule has 0 saturated carbocycles. The smallest absolute Gasteiger partial charge is 0.183 e. The average molecular weight is 386 g/mol. The second-order valence-electron chi connectivity index (χ2n) is 2.58. The first-order chi connectivity index (χ1) is 7.58. The highest BCUT2D eigenvalue weighted by Gasteiger charge is 2.07. The third-order valence-electron chi connectivity index (χ3n) is 1.55. The molecule has 0 amide bonds. The van der Waals surface area contributed by atoms with Crippen LogP contribution in [-0.4, -0.2) is 11.4 Å². The molecule has 16 heavy (non-hydrogen) atoms. The molecule has 0 heterocycles. The molecule has 1 aromatic rings. The van der Waals surface area contributed by atoms with E-state index < -0.39 is 0 Å². The molecule has 0 fully saturated rings. The van der Waals surface area contributed by atoms with Crippen LogP contribution in [0.25, 0.3) is 0 Å². The van der Waals surface area contributed by atoms with Crippen molar-refractivity contribution in [2.24, 2.45) is 4.99 Å². The van der Waals surface area contributed by atoms with Gasteiger partial charge < -0.3 is 0 Å². The Morgan fingerprint density at radius 2 is 2.25 bits per heavy atom. The van der Waals surface area contributed by atoms with Gasteiger partial charge in [-0.05, 0) is 41.0 Å². The predicted molar refractivity (Wildman–Crippen MR) is 78.5 cm³/mol. The van der Waals surface area contributed by atoms with Crippen LogP contribution in [0.3, 0.4) is 0 Å². The van der Waals surface area contributed by atoms with Gasteiger partial charge in [-0.2, -0.15) is 5.26 Å². The summed E-state index contributed by atoms with van der Waals surface area (Å²) in [6.45, 7) is 0. The number of amidine groups is 1. The fraction of sp³-hybridized carbons (Fsp3) is 0.111. The van der Waals surface area contributed by atoms with Crippen molar-refractivity contribution in [1.82, 2.24) is 5.32 Å². The van der Waals surface area contributed by atoms with Crippen molar-refractivity contribution in [3.63, 3.8) is 0 Å². The minimum absolute atomic E-state index is 0.461. The summed E-state index contributed by atoms with van der Waals surface area (Å²) in [4.78, 5) is 4.25. The van der Waals surface area contributed by atoms with Crippen LogP contribution >= 0.6 is 57.6 Å². The van der Waals surface area contributed by atoms with E-state index in [9.17, 15) is 0 Å². The molecule has 0 bridgehead atoms. The molecule has 84 valence electrons. The predicted octanol–water partition coefficient (Wildman–Crippen LogP) is 4.02. The minimum atomic E-state index is 0.461. The minimum Gasteiger partial charge on any atom is -0.271 e.